The molecule has 0 amide bonds. The number of nitrogens with zero attached hydrogens (tertiary/aromatic N) is 3. The molecular formula is C14H18N4O2S2. The van der Waals surface area contributed by atoms with E-state index >= 15 is 0 Å². The Morgan fingerprint density at radius 2 is 2.18 bits per heavy atom. The molecule has 0 radical (unpaired) electrons. The van der Waals surface area contributed by atoms with Gasteiger partial charge in [-0.1, -0.05) is 0 Å². The van der Waals surface area contributed by atoms with Crippen LogP contribution in [0.4, 0.5) is 0 Å². The Labute approximate surface area is 134 Å². The maximum atomic E-state index is 12.0. The molecule has 0 aromatic carbocycles. The molecule has 8 heteroatoms. The third-order valence-electron chi connectivity index (χ3n) is 3.71. The molecule has 1 unspecified atom stereocenters. The molecule has 0 bridgehead atoms. The fourth-order valence-electron chi connectivity index (χ4n) is 2.64. The summed E-state index contributed by atoms with van der Waals surface area (Å²) in [5.74, 6) is 0.595. The summed E-state index contributed by atoms with van der Waals surface area (Å²) in [6, 6.07) is 0. The van der Waals surface area contributed by atoms with Crippen LogP contribution in [0, 0.1) is 6.92 Å². The van der Waals surface area contributed by atoms with E-state index in [1.807, 2.05) is 12.3 Å². The molecule has 3 rings (SSSR count). The average Bonchev–Trinajstić information content (AvgIpc) is 2.93. The highest BCUT2D eigenvalue weighted by Gasteiger charge is 2.25. The molecule has 1 atom stereocenters. The number of nitrogens with one attached hydrogen (secondary N) is 1. The van der Waals surface area contributed by atoms with E-state index in [1.54, 1.807) is 0 Å². The lowest BCUT2D eigenvalue weighted by Gasteiger charge is -2.23. The average molecular weight is 338 g/mol. The minimum absolute atomic E-state index is 0.0972. The quantitative estimate of drug-likeness (QED) is 0.918. The zero-order valence-corrected chi connectivity index (χ0v) is 14.2. The normalized spacial score (nSPS) is 19.3. The number of aromatic nitrogens is 3. The molecule has 2 aromatic rings. The maximum Gasteiger partial charge on any atom is 0.179 e. The summed E-state index contributed by atoms with van der Waals surface area (Å²) in [5, 5.41) is 6.14. The van der Waals surface area contributed by atoms with Gasteiger partial charge in [0.15, 0.2) is 15.7 Å². The molecule has 2 aromatic heterocycles. The first-order valence-electron chi connectivity index (χ1n) is 7.15. The minimum atomic E-state index is -3.35. The number of rotatable bonds is 3. The van der Waals surface area contributed by atoms with Crippen LogP contribution in [-0.4, -0.2) is 42.7 Å². The van der Waals surface area contributed by atoms with Gasteiger partial charge in [-0.25, -0.2) is 23.4 Å². The second kappa shape index (κ2) is 6.02. The summed E-state index contributed by atoms with van der Waals surface area (Å²) in [6.45, 7) is 3.63. The van der Waals surface area contributed by atoms with Crippen molar-refractivity contribution in [2.75, 3.05) is 19.3 Å². The number of hydrogen-bond acceptors (Lipinski definition) is 7. The van der Waals surface area contributed by atoms with Crippen molar-refractivity contribution in [2.45, 2.75) is 30.6 Å². The molecular weight excluding hydrogens is 320 g/mol. The van der Waals surface area contributed by atoms with Crippen LogP contribution in [-0.2, 0) is 9.84 Å². The van der Waals surface area contributed by atoms with Gasteiger partial charge in [-0.3, -0.25) is 0 Å². The van der Waals surface area contributed by atoms with E-state index < -0.39 is 9.84 Å². The minimum Gasteiger partial charge on any atom is -0.316 e. The zero-order valence-electron chi connectivity index (χ0n) is 12.5. The molecule has 1 fully saturated rings. The van der Waals surface area contributed by atoms with E-state index in [2.05, 4.69) is 20.3 Å². The molecule has 1 aliphatic heterocycles. The van der Waals surface area contributed by atoms with E-state index in [1.165, 1.54) is 23.8 Å². The number of thiazole rings is 1. The summed E-state index contributed by atoms with van der Waals surface area (Å²) >= 11 is 1.53. The molecule has 1 N–H and O–H groups in total. The highest BCUT2D eigenvalue weighted by molar-refractivity contribution is 7.90. The van der Waals surface area contributed by atoms with Gasteiger partial charge in [-0.15, -0.1) is 11.3 Å². The SMILES string of the molecule is Cc1nc(-c2ncc(S(C)(=O)=O)c(C3CCCNC3)n2)cs1. The van der Waals surface area contributed by atoms with Crippen LogP contribution in [0.3, 0.4) is 0 Å². The zero-order chi connectivity index (χ0) is 15.7. The summed E-state index contributed by atoms with van der Waals surface area (Å²) in [4.78, 5) is 13.4. The van der Waals surface area contributed by atoms with Crippen LogP contribution < -0.4 is 5.32 Å². The van der Waals surface area contributed by atoms with Crippen molar-refractivity contribution in [3.05, 3.63) is 22.3 Å². The van der Waals surface area contributed by atoms with Gasteiger partial charge in [-0.2, -0.15) is 0 Å². The molecule has 6 nitrogen and oxygen atoms in total. The van der Waals surface area contributed by atoms with Crippen LogP contribution in [0.5, 0.6) is 0 Å². The van der Waals surface area contributed by atoms with Crippen molar-refractivity contribution >= 4 is 21.2 Å². The molecule has 0 spiro atoms. The van der Waals surface area contributed by atoms with Crippen LogP contribution in [0.1, 0.15) is 29.5 Å². The summed E-state index contributed by atoms with van der Waals surface area (Å²) in [6.07, 6.45) is 4.58. The lowest BCUT2D eigenvalue weighted by Crippen LogP contribution is -2.30. The van der Waals surface area contributed by atoms with Crippen LogP contribution in [0.25, 0.3) is 11.5 Å². The van der Waals surface area contributed by atoms with Crippen molar-refractivity contribution < 1.29 is 8.42 Å². The molecule has 1 aliphatic rings. The van der Waals surface area contributed by atoms with Gasteiger partial charge in [0, 0.05) is 30.3 Å². The van der Waals surface area contributed by atoms with E-state index in [0.29, 0.717) is 17.2 Å². The highest BCUT2D eigenvalue weighted by atomic mass is 32.2. The van der Waals surface area contributed by atoms with Crippen molar-refractivity contribution in [3.63, 3.8) is 0 Å². The number of sulfone groups is 1. The van der Waals surface area contributed by atoms with Gasteiger partial charge in [0.25, 0.3) is 0 Å². The lowest BCUT2D eigenvalue weighted by atomic mass is 9.96. The fourth-order valence-corrected chi connectivity index (χ4v) is 4.06. The summed E-state index contributed by atoms with van der Waals surface area (Å²) in [7, 11) is -3.35. The molecule has 118 valence electrons. The van der Waals surface area contributed by atoms with Gasteiger partial charge < -0.3 is 5.32 Å². The summed E-state index contributed by atoms with van der Waals surface area (Å²) in [5.41, 5.74) is 1.32. The van der Waals surface area contributed by atoms with Gasteiger partial charge >= 0.3 is 0 Å². The highest BCUT2D eigenvalue weighted by Crippen LogP contribution is 2.29. The molecule has 22 heavy (non-hydrogen) atoms. The van der Waals surface area contributed by atoms with Crippen LogP contribution in [0.2, 0.25) is 0 Å². The van der Waals surface area contributed by atoms with Crippen molar-refractivity contribution in [1.29, 1.82) is 0 Å². The second-order valence-corrected chi connectivity index (χ2v) is 8.56. The number of hydrogen-bond donors (Lipinski definition) is 1. The van der Waals surface area contributed by atoms with E-state index in [9.17, 15) is 8.42 Å². The predicted molar refractivity (Wildman–Crippen MR) is 85.8 cm³/mol. The van der Waals surface area contributed by atoms with E-state index in [4.69, 9.17) is 0 Å². The number of aryl methyl sites for hydroxylation is 1. The Hall–Kier alpha value is -1.38. The smallest absolute Gasteiger partial charge is 0.179 e. The Morgan fingerprint density at radius 3 is 2.77 bits per heavy atom. The Bertz CT molecular complexity index is 780. The van der Waals surface area contributed by atoms with Crippen molar-refractivity contribution in [1.82, 2.24) is 20.3 Å². The van der Waals surface area contributed by atoms with Crippen molar-refractivity contribution in [2.24, 2.45) is 0 Å². The second-order valence-electron chi connectivity index (χ2n) is 5.51. The van der Waals surface area contributed by atoms with Gasteiger partial charge in [0.05, 0.1) is 10.7 Å². The van der Waals surface area contributed by atoms with E-state index in [-0.39, 0.29) is 10.8 Å². The summed E-state index contributed by atoms with van der Waals surface area (Å²) < 4.78 is 24.1. The van der Waals surface area contributed by atoms with Crippen LogP contribution >= 0.6 is 11.3 Å². The standard InChI is InChI=1S/C14H18N4O2S2/c1-9-17-11(8-21-9)14-16-7-12(22(2,19)20)13(18-14)10-4-3-5-15-6-10/h7-8,10,15H,3-6H2,1-2H3. The Kier molecular flexibility index (Phi) is 4.24. The first kappa shape index (κ1) is 15.5. The lowest BCUT2D eigenvalue weighted by molar-refractivity contribution is 0.448. The third kappa shape index (κ3) is 3.18. The first-order valence-corrected chi connectivity index (χ1v) is 9.92. The first-order chi connectivity index (χ1) is 10.4. The largest absolute Gasteiger partial charge is 0.316 e. The fraction of sp³-hybridized carbons (Fsp3) is 0.500. The van der Waals surface area contributed by atoms with Gasteiger partial charge in [-0.05, 0) is 26.3 Å². The topological polar surface area (TPSA) is 84.8 Å². The van der Waals surface area contributed by atoms with Gasteiger partial charge in [0.1, 0.15) is 10.6 Å². The number of piperidine rings is 1. The monoisotopic (exact) mass is 338 g/mol. The predicted octanol–water partition coefficient (Wildman–Crippen LogP) is 1.78. The molecule has 3 heterocycles. The third-order valence-corrected chi connectivity index (χ3v) is 5.60. The van der Waals surface area contributed by atoms with Crippen LogP contribution in [0.15, 0.2) is 16.5 Å². The van der Waals surface area contributed by atoms with E-state index in [0.717, 1.165) is 30.9 Å². The maximum absolute atomic E-state index is 12.0. The molecule has 0 saturated carbocycles. The van der Waals surface area contributed by atoms with Crippen molar-refractivity contribution in [3.8, 4) is 11.5 Å². The Morgan fingerprint density at radius 1 is 1.36 bits per heavy atom. The molecule has 1 saturated heterocycles. The molecule has 0 aliphatic carbocycles. The Balaban J connectivity index is 2.09. The van der Waals surface area contributed by atoms with Gasteiger partial charge in [0.2, 0.25) is 0 Å².